The fourth-order valence-corrected chi connectivity index (χ4v) is 1.52. The molecule has 0 amide bonds. The predicted octanol–water partition coefficient (Wildman–Crippen LogP) is 2.18. The Bertz CT molecular complexity index is 182. The third kappa shape index (κ3) is 3.91. The van der Waals surface area contributed by atoms with Crippen LogP contribution in [0, 0.1) is 0 Å². The van der Waals surface area contributed by atoms with Crippen molar-refractivity contribution in [3.63, 3.8) is 0 Å². The van der Waals surface area contributed by atoms with Crippen molar-refractivity contribution < 1.29 is 14.0 Å². The van der Waals surface area contributed by atoms with Crippen LogP contribution in [0.1, 0.15) is 20.8 Å². The fourth-order valence-electron chi connectivity index (χ4n) is 0.585. The van der Waals surface area contributed by atoms with Crippen LogP contribution in [-0.2, 0) is 14.0 Å². The minimum atomic E-state index is -1.93. The van der Waals surface area contributed by atoms with E-state index in [4.69, 9.17) is 9.16 Å². The van der Waals surface area contributed by atoms with Crippen LogP contribution in [0.3, 0.4) is 0 Å². The Morgan fingerprint density at radius 3 is 2.08 bits per heavy atom. The quantitative estimate of drug-likeness (QED) is 0.661. The lowest BCUT2D eigenvalue weighted by molar-refractivity contribution is -0.139. The molecule has 0 aliphatic heterocycles. The number of carbonyl (C=O) groups excluding carboxylic acids is 1. The largest absolute Gasteiger partial charge is 0.517 e. The van der Waals surface area contributed by atoms with E-state index >= 15 is 0 Å². The van der Waals surface area contributed by atoms with Crippen LogP contribution in [0.15, 0.2) is 0 Å². The van der Waals surface area contributed by atoms with Crippen molar-refractivity contribution in [3.8, 4) is 0 Å². The molecule has 0 saturated heterocycles. The van der Waals surface area contributed by atoms with Crippen molar-refractivity contribution in [1.82, 2.24) is 0 Å². The van der Waals surface area contributed by atoms with Gasteiger partial charge in [0, 0.05) is 7.11 Å². The van der Waals surface area contributed by atoms with Crippen LogP contribution in [0.5, 0.6) is 0 Å². The lowest BCUT2D eigenvalue weighted by atomic mass is 10.2. The highest BCUT2D eigenvalue weighted by molar-refractivity contribution is 6.75. The molecule has 0 radical (unpaired) electrons. The molecule has 0 bridgehead atoms. The number of hydrogen-bond acceptors (Lipinski definition) is 3. The Kier molecular flexibility index (Phi) is 4.12. The molecule has 4 heteroatoms. The van der Waals surface area contributed by atoms with E-state index in [-0.39, 0.29) is 17.6 Å². The highest BCUT2D eigenvalue weighted by Crippen LogP contribution is 2.36. The number of hydrogen-bond donors (Lipinski definition) is 0. The first-order chi connectivity index (χ1) is 5.70. The van der Waals surface area contributed by atoms with E-state index in [0.29, 0.717) is 0 Å². The number of ether oxygens (including phenoxy) is 1. The summed E-state index contributed by atoms with van der Waals surface area (Å²) in [6.07, 6.45) is 0. The van der Waals surface area contributed by atoms with Gasteiger partial charge in [0.2, 0.25) is 0 Å². The molecule has 0 aromatic heterocycles. The van der Waals surface area contributed by atoms with Gasteiger partial charge in [0.05, 0.1) is 0 Å². The first kappa shape index (κ1) is 12.6. The summed E-state index contributed by atoms with van der Waals surface area (Å²) < 4.78 is 10.1. The predicted molar refractivity (Wildman–Crippen MR) is 55.2 cm³/mol. The van der Waals surface area contributed by atoms with Gasteiger partial charge in [-0.15, -0.1) is 0 Å². The Labute approximate surface area is 81.6 Å². The van der Waals surface area contributed by atoms with E-state index in [0.717, 1.165) is 0 Å². The van der Waals surface area contributed by atoms with Crippen LogP contribution in [0.4, 0.5) is 0 Å². The summed E-state index contributed by atoms with van der Waals surface area (Å²) in [4.78, 5) is 11.2. The third-order valence-corrected chi connectivity index (χ3v) is 6.79. The first-order valence-corrected chi connectivity index (χ1v) is 7.32. The minimum absolute atomic E-state index is 0.0481. The molecule has 0 aliphatic carbocycles. The lowest BCUT2D eigenvalue weighted by Gasteiger charge is -2.35. The van der Waals surface area contributed by atoms with Gasteiger partial charge in [-0.25, -0.2) is 0 Å². The number of rotatable bonds is 3. The van der Waals surface area contributed by atoms with Gasteiger partial charge in [0.1, 0.15) is 6.61 Å². The molecule has 0 unspecified atom stereocenters. The second kappa shape index (κ2) is 4.24. The van der Waals surface area contributed by atoms with Crippen LogP contribution in [0.2, 0.25) is 18.1 Å². The van der Waals surface area contributed by atoms with Gasteiger partial charge in [-0.1, -0.05) is 20.8 Å². The summed E-state index contributed by atoms with van der Waals surface area (Å²) in [5, 5.41) is 0.0659. The Morgan fingerprint density at radius 2 is 1.77 bits per heavy atom. The van der Waals surface area contributed by atoms with Gasteiger partial charge < -0.3 is 9.16 Å². The number of methoxy groups -OCH3 is 1. The molecule has 0 saturated carbocycles. The highest BCUT2D eigenvalue weighted by Gasteiger charge is 2.40. The smallest absolute Gasteiger partial charge is 0.318 e. The van der Waals surface area contributed by atoms with E-state index in [1.807, 2.05) is 13.1 Å². The molecular formula is C9H20O3Si. The van der Waals surface area contributed by atoms with Crippen LogP contribution in [0.25, 0.3) is 0 Å². The summed E-state index contributed by atoms with van der Waals surface area (Å²) in [5.74, 6) is -0.255. The second-order valence-electron chi connectivity index (χ2n) is 4.67. The van der Waals surface area contributed by atoms with Crippen molar-refractivity contribution in [2.24, 2.45) is 0 Å². The van der Waals surface area contributed by atoms with E-state index in [1.54, 1.807) is 0 Å². The summed E-state index contributed by atoms with van der Waals surface area (Å²) in [6.45, 7) is 10.4. The van der Waals surface area contributed by atoms with Crippen LogP contribution in [-0.4, -0.2) is 28.0 Å². The Morgan fingerprint density at radius 1 is 1.31 bits per heavy atom. The van der Waals surface area contributed by atoms with Gasteiger partial charge >= 0.3 is 5.97 Å². The zero-order valence-electron chi connectivity index (χ0n) is 9.43. The molecular weight excluding hydrogens is 184 g/mol. The topological polar surface area (TPSA) is 35.5 Å². The van der Waals surface area contributed by atoms with Crippen LogP contribution < -0.4 is 0 Å². The standard InChI is InChI=1S/C9H20O3Si/c1-9(2,3)13(5,6)12-8(10)7-11-4/h7H2,1-6H3. The average Bonchev–Trinajstić information content (AvgIpc) is 1.83. The van der Waals surface area contributed by atoms with E-state index in [1.165, 1.54) is 7.11 Å². The summed E-state index contributed by atoms with van der Waals surface area (Å²) in [6, 6.07) is 0. The van der Waals surface area contributed by atoms with Crippen molar-refractivity contribution in [2.75, 3.05) is 13.7 Å². The zero-order chi connectivity index (χ0) is 10.7. The monoisotopic (exact) mass is 204 g/mol. The van der Waals surface area contributed by atoms with E-state index < -0.39 is 8.32 Å². The van der Waals surface area contributed by atoms with Crippen molar-refractivity contribution in [2.45, 2.75) is 38.9 Å². The summed E-state index contributed by atoms with van der Waals surface area (Å²) in [5.41, 5.74) is 0. The van der Waals surface area contributed by atoms with Crippen molar-refractivity contribution >= 4 is 14.3 Å². The molecule has 0 atom stereocenters. The molecule has 0 aromatic carbocycles. The Hall–Kier alpha value is -0.353. The average molecular weight is 204 g/mol. The molecule has 0 aromatic rings. The van der Waals surface area contributed by atoms with Gasteiger partial charge in [-0.2, -0.15) is 0 Å². The van der Waals surface area contributed by atoms with Gasteiger partial charge in [-0.05, 0) is 18.1 Å². The van der Waals surface area contributed by atoms with Crippen molar-refractivity contribution in [1.29, 1.82) is 0 Å². The maximum Gasteiger partial charge on any atom is 0.318 e. The highest BCUT2D eigenvalue weighted by atomic mass is 28.4. The Balaban J connectivity index is 4.26. The van der Waals surface area contributed by atoms with E-state index in [9.17, 15) is 4.79 Å². The molecule has 0 spiro atoms. The van der Waals surface area contributed by atoms with Crippen LogP contribution >= 0.6 is 0 Å². The zero-order valence-corrected chi connectivity index (χ0v) is 10.4. The van der Waals surface area contributed by atoms with Crippen molar-refractivity contribution in [3.05, 3.63) is 0 Å². The second-order valence-corrected chi connectivity index (χ2v) is 9.39. The molecule has 78 valence electrons. The van der Waals surface area contributed by atoms with E-state index in [2.05, 4.69) is 20.8 Å². The first-order valence-electron chi connectivity index (χ1n) is 4.41. The minimum Gasteiger partial charge on any atom is -0.517 e. The SMILES string of the molecule is COCC(=O)O[Si](C)(C)C(C)(C)C. The maximum atomic E-state index is 11.2. The molecule has 0 aliphatic rings. The van der Waals surface area contributed by atoms with Gasteiger partial charge in [0.25, 0.3) is 8.32 Å². The van der Waals surface area contributed by atoms with Gasteiger partial charge in [-0.3, -0.25) is 4.79 Å². The fraction of sp³-hybridized carbons (Fsp3) is 0.889. The number of carbonyl (C=O) groups is 1. The molecule has 13 heavy (non-hydrogen) atoms. The normalized spacial score (nSPS) is 12.8. The third-order valence-electron chi connectivity index (χ3n) is 2.44. The molecule has 3 nitrogen and oxygen atoms in total. The van der Waals surface area contributed by atoms with Gasteiger partial charge in [0.15, 0.2) is 0 Å². The molecule has 0 rings (SSSR count). The molecule has 0 fully saturated rings. The lowest BCUT2D eigenvalue weighted by Crippen LogP contribution is -2.43. The maximum absolute atomic E-state index is 11.2. The molecule has 0 heterocycles. The summed E-state index contributed by atoms with van der Waals surface area (Å²) >= 11 is 0. The molecule has 0 N–H and O–H groups in total. The summed E-state index contributed by atoms with van der Waals surface area (Å²) in [7, 11) is -0.442.